The molecular formula is C20H18F9NO. The van der Waals surface area contributed by atoms with Crippen molar-refractivity contribution in [2.45, 2.75) is 44.0 Å². The van der Waals surface area contributed by atoms with Crippen molar-refractivity contribution in [3.8, 4) is 0 Å². The summed E-state index contributed by atoms with van der Waals surface area (Å²) in [5.41, 5.74) is -0.270. The van der Waals surface area contributed by atoms with E-state index in [9.17, 15) is 44.6 Å². The first-order valence-corrected chi connectivity index (χ1v) is 8.87. The number of aryl methyl sites for hydroxylation is 1. The predicted molar refractivity (Wildman–Crippen MR) is 95.6 cm³/mol. The normalized spacial score (nSPS) is 14.1. The Kier molecular flexibility index (Phi) is 7.19. The molecule has 172 valence electrons. The Bertz CT molecular complexity index is 860. The number of hydrogen-bond acceptors (Lipinski definition) is 2. The van der Waals surface area contributed by atoms with Crippen LogP contribution in [0.1, 0.15) is 22.6 Å². The zero-order chi connectivity index (χ0) is 23.6. The fraction of sp³-hybridized carbons (Fsp3) is 0.400. The number of aliphatic hydroxyl groups excluding tert-OH is 1. The molecular weight excluding hydrogens is 441 g/mol. The first-order valence-electron chi connectivity index (χ1n) is 8.87. The van der Waals surface area contributed by atoms with Crippen LogP contribution >= 0.6 is 0 Å². The summed E-state index contributed by atoms with van der Waals surface area (Å²) in [6.45, 7) is 0.242. The maximum absolute atomic E-state index is 13.0. The molecule has 31 heavy (non-hydrogen) atoms. The zero-order valence-corrected chi connectivity index (χ0v) is 16.0. The maximum atomic E-state index is 13.0. The van der Waals surface area contributed by atoms with Gasteiger partial charge in [-0.1, -0.05) is 36.4 Å². The van der Waals surface area contributed by atoms with Crippen LogP contribution in [-0.4, -0.2) is 36.3 Å². The Morgan fingerprint density at radius 3 is 1.90 bits per heavy atom. The van der Waals surface area contributed by atoms with Gasteiger partial charge in [-0.05, 0) is 35.7 Å². The Morgan fingerprint density at radius 2 is 1.39 bits per heavy atom. The highest BCUT2D eigenvalue weighted by atomic mass is 19.4. The van der Waals surface area contributed by atoms with Gasteiger partial charge in [0.25, 0.3) is 0 Å². The van der Waals surface area contributed by atoms with E-state index in [1.165, 1.54) is 24.3 Å². The lowest BCUT2D eigenvalue weighted by molar-refractivity contribution is -0.253. The van der Waals surface area contributed by atoms with Crippen LogP contribution in [0.4, 0.5) is 45.2 Å². The van der Waals surface area contributed by atoms with Gasteiger partial charge in [0.15, 0.2) is 12.0 Å². The minimum absolute atomic E-state index is 0.0770. The summed E-state index contributed by atoms with van der Waals surface area (Å²) >= 11 is 0. The summed E-state index contributed by atoms with van der Waals surface area (Å²) in [6, 6.07) is 9.59. The minimum Gasteiger partial charge on any atom is -0.382 e. The first kappa shape index (κ1) is 24.8. The Morgan fingerprint density at radius 1 is 0.806 bits per heavy atom. The molecule has 2 aromatic carbocycles. The molecule has 1 atom stereocenters. The second-order valence-electron chi connectivity index (χ2n) is 7.04. The first-order chi connectivity index (χ1) is 14.1. The van der Waals surface area contributed by atoms with Crippen LogP contribution < -0.4 is 4.90 Å². The summed E-state index contributed by atoms with van der Waals surface area (Å²) in [5.74, 6) is -3.73. The van der Waals surface area contributed by atoms with Crippen molar-refractivity contribution in [1.29, 1.82) is 0 Å². The van der Waals surface area contributed by atoms with Gasteiger partial charge in [-0.3, -0.25) is 0 Å². The lowest BCUT2D eigenvalue weighted by atomic mass is 9.96. The van der Waals surface area contributed by atoms with Crippen molar-refractivity contribution in [2.24, 2.45) is 0 Å². The maximum Gasteiger partial charge on any atom is 0.416 e. The molecule has 0 aromatic heterocycles. The summed E-state index contributed by atoms with van der Waals surface area (Å²) in [7, 11) is 0. The van der Waals surface area contributed by atoms with E-state index in [2.05, 4.69) is 0 Å². The monoisotopic (exact) mass is 459 g/mol. The van der Waals surface area contributed by atoms with Crippen molar-refractivity contribution >= 4 is 5.69 Å². The average Bonchev–Trinajstić information content (AvgIpc) is 2.58. The van der Waals surface area contributed by atoms with E-state index >= 15 is 0 Å². The molecule has 0 amide bonds. The van der Waals surface area contributed by atoms with Gasteiger partial charge < -0.3 is 10.0 Å². The van der Waals surface area contributed by atoms with Crippen LogP contribution in [0, 0.1) is 6.92 Å². The van der Waals surface area contributed by atoms with Gasteiger partial charge in [-0.25, -0.2) is 0 Å². The summed E-state index contributed by atoms with van der Waals surface area (Å²) in [4.78, 5) is 1.04. The molecule has 0 saturated heterocycles. The quantitative estimate of drug-likeness (QED) is 0.526. The van der Waals surface area contributed by atoms with Crippen LogP contribution in [0.25, 0.3) is 0 Å². The van der Waals surface area contributed by atoms with E-state index in [1.54, 1.807) is 13.0 Å². The molecule has 0 aliphatic heterocycles. The Labute approximate surface area is 171 Å². The third-order valence-corrected chi connectivity index (χ3v) is 4.45. The number of aliphatic hydroxyl groups is 1. The average molecular weight is 459 g/mol. The van der Waals surface area contributed by atoms with Crippen LogP contribution in [0.2, 0.25) is 0 Å². The SMILES string of the molecule is Cc1cccc(N(Cc2cccc(C(C(F)(F)F)C(F)(F)F)c2)CC(O)C(F)(F)F)c1. The number of halogens is 9. The van der Waals surface area contributed by atoms with Crippen LogP contribution in [0.15, 0.2) is 48.5 Å². The zero-order valence-electron chi connectivity index (χ0n) is 16.0. The molecule has 0 bridgehead atoms. The van der Waals surface area contributed by atoms with Crippen molar-refractivity contribution in [2.75, 3.05) is 11.4 Å². The summed E-state index contributed by atoms with van der Waals surface area (Å²) in [5, 5.41) is 9.46. The third-order valence-electron chi connectivity index (χ3n) is 4.45. The van der Waals surface area contributed by atoms with Gasteiger partial charge in [-0.15, -0.1) is 0 Å². The van der Waals surface area contributed by atoms with E-state index in [0.29, 0.717) is 17.7 Å². The number of rotatable bonds is 6. The van der Waals surface area contributed by atoms with Crippen molar-refractivity contribution in [3.63, 3.8) is 0 Å². The topological polar surface area (TPSA) is 23.5 Å². The second-order valence-corrected chi connectivity index (χ2v) is 7.04. The van der Waals surface area contributed by atoms with Crippen molar-refractivity contribution in [1.82, 2.24) is 0 Å². The third kappa shape index (κ3) is 6.78. The second kappa shape index (κ2) is 8.97. The van der Waals surface area contributed by atoms with Gasteiger partial charge in [-0.2, -0.15) is 39.5 Å². The highest BCUT2D eigenvalue weighted by Crippen LogP contribution is 2.46. The molecule has 2 aromatic rings. The predicted octanol–water partition coefficient (Wildman–Crippen LogP) is 6.13. The van der Waals surface area contributed by atoms with Crippen LogP contribution in [0.5, 0.6) is 0 Å². The van der Waals surface area contributed by atoms with Crippen molar-refractivity contribution < 1.29 is 44.6 Å². The summed E-state index contributed by atoms with van der Waals surface area (Å²) in [6.07, 6.45) is -18.9. The van der Waals surface area contributed by atoms with Gasteiger partial charge in [0.05, 0.1) is 6.54 Å². The highest BCUT2D eigenvalue weighted by Gasteiger charge is 2.57. The van der Waals surface area contributed by atoms with E-state index in [0.717, 1.165) is 11.0 Å². The van der Waals surface area contributed by atoms with Gasteiger partial charge in [0.1, 0.15) is 0 Å². The fourth-order valence-electron chi connectivity index (χ4n) is 3.05. The molecule has 11 heteroatoms. The number of hydrogen-bond donors (Lipinski definition) is 1. The van der Waals surface area contributed by atoms with Crippen LogP contribution in [-0.2, 0) is 6.54 Å². The molecule has 0 aliphatic carbocycles. The molecule has 0 aliphatic rings. The smallest absolute Gasteiger partial charge is 0.382 e. The van der Waals surface area contributed by atoms with E-state index in [1.807, 2.05) is 0 Å². The molecule has 1 N–H and O–H groups in total. The van der Waals surface area contributed by atoms with E-state index in [4.69, 9.17) is 0 Å². The van der Waals surface area contributed by atoms with Crippen molar-refractivity contribution in [3.05, 3.63) is 65.2 Å². The number of anilines is 1. The molecule has 0 spiro atoms. The lowest BCUT2D eigenvalue weighted by Gasteiger charge is -2.29. The van der Waals surface area contributed by atoms with Gasteiger partial charge in [0, 0.05) is 12.2 Å². The fourth-order valence-corrected chi connectivity index (χ4v) is 3.05. The Balaban J connectivity index is 2.42. The van der Waals surface area contributed by atoms with Gasteiger partial charge >= 0.3 is 18.5 Å². The van der Waals surface area contributed by atoms with Gasteiger partial charge in [0.2, 0.25) is 0 Å². The largest absolute Gasteiger partial charge is 0.416 e. The molecule has 2 rings (SSSR count). The highest BCUT2D eigenvalue weighted by molar-refractivity contribution is 5.49. The minimum atomic E-state index is -5.60. The molecule has 0 fully saturated rings. The van der Waals surface area contributed by atoms with E-state index < -0.39 is 49.2 Å². The van der Waals surface area contributed by atoms with Crippen LogP contribution in [0.3, 0.4) is 0 Å². The molecule has 0 heterocycles. The molecule has 0 radical (unpaired) electrons. The number of nitrogens with zero attached hydrogens (tertiary/aromatic N) is 1. The number of alkyl halides is 9. The molecule has 1 unspecified atom stereocenters. The summed E-state index contributed by atoms with van der Waals surface area (Å²) < 4.78 is 117. The lowest BCUT2D eigenvalue weighted by Crippen LogP contribution is -2.41. The van der Waals surface area contributed by atoms with E-state index in [-0.39, 0.29) is 11.3 Å². The Hall–Kier alpha value is -2.43. The molecule has 0 saturated carbocycles. The number of benzene rings is 2. The standard InChI is InChI=1S/C20H18F9NO/c1-12-4-2-7-15(8-12)30(11-16(31)18(21,22)23)10-13-5-3-6-14(9-13)17(19(24,25)26)20(27,28)29/h2-9,16-17,31H,10-11H2,1H3. The molecule has 2 nitrogen and oxygen atoms in total.